The van der Waals surface area contributed by atoms with Crippen LogP contribution in [0.2, 0.25) is 10.0 Å². The Bertz CT molecular complexity index is 628. The zero-order chi connectivity index (χ0) is 16.2. The van der Waals surface area contributed by atoms with Crippen molar-refractivity contribution in [1.82, 2.24) is 10.3 Å². The molecule has 1 aliphatic rings. The van der Waals surface area contributed by atoms with Crippen LogP contribution in [0.1, 0.15) is 25.1 Å². The van der Waals surface area contributed by atoms with Gasteiger partial charge in [-0.25, -0.2) is 4.63 Å². The van der Waals surface area contributed by atoms with Gasteiger partial charge in [-0.15, -0.1) is 0 Å². The summed E-state index contributed by atoms with van der Waals surface area (Å²) in [4.78, 5) is 0. The number of hydrogen-bond acceptors (Lipinski definition) is 6. The summed E-state index contributed by atoms with van der Waals surface area (Å²) in [5, 5.41) is 8.30. The van der Waals surface area contributed by atoms with Crippen molar-refractivity contribution < 1.29 is 14.1 Å². The maximum atomic E-state index is 6.02. The van der Waals surface area contributed by atoms with Crippen LogP contribution < -0.4 is 5.73 Å². The minimum Gasteiger partial charge on any atom is -0.379 e. The maximum absolute atomic E-state index is 6.02. The van der Waals surface area contributed by atoms with E-state index in [-0.39, 0.29) is 5.82 Å². The Morgan fingerprint density at radius 1 is 1.14 bits per heavy atom. The fourth-order valence-electron chi connectivity index (χ4n) is 2.16. The summed E-state index contributed by atoms with van der Waals surface area (Å²) in [7, 11) is 0. The molecule has 6 nitrogen and oxygen atoms in total. The second-order valence-electron chi connectivity index (χ2n) is 4.37. The SMILES string of the molecule is CC.Nc1nonc1C1(Cc2ccc(Cl)c(Cl)c2)OCCO1. The number of halogens is 2. The van der Waals surface area contributed by atoms with E-state index in [1.165, 1.54) is 0 Å². The molecule has 2 aromatic rings. The molecule has 0 amide bonds. The summed E-state index contributed by atoms with van der Waals surface area (Å²) in [6, 6.07) is 5.30. The lowest BCUT2D eigenvalue weighted by Gasteiger charge is -2.25. The number of nitrogens with zero attached hydrogens (tertiary/aromatic N) is 2. The van der Waals surface area contributed by atoms with E-state index in [1.807, 2.05) is 19.9 Å². The number of benzene rings is 1. The Hall–Kier alpha value is -1.34. The Morgan fingerprint density at radius 2 is 1.82 bits per heavy atom. The molecule has 1 aliphatic heterocycles. The molecule has 2 N–H and O–H groups in total. The highest BCUT2D eigenvalue weighted by atomic mass is 35.5. The highest BCUT2D eigenvalue weighted by molar-refractivity contribution is 6.42. The first-order valence-corrected chi connectivity index (χ1v) is 7.67. The first-order chi connectivity index (χ1) is 10.6. The topological polar surface area (TPSA) is 83.4 Å². The van der Waals surface area contributed by atoms with Crippen molar-refractivity contribution in [3.8, 4) is 0 Å². The molecule has 0 radical (unpaired) electrons. The van der Waals surface area contributed by atoms with E-state index in [1.54, 1.807) is 12.1 Å². The molecule has 0 unspecified atom stereocenters. The van der Waals surface area contributed by atoms with Crippen LogP contribution in [-0.4, -0.2) is 23.5 Å². The van der Waals surface area contributed by atoms with Gasteiger partial charge in [0.05, 0.1) is 23.3 Å². The minimum absolute atomic E-state index is 0.145. The van der Waals surface area contributed by atoms with Gasteiger partial charge >= 0.3 is 0 Å². The highest BCUT2D eigenvalue weighted by Crippen LogP contribution is 2.37. The van der Waals surface area contributed by atoms with Crippen molar-refractivity contribution in [1.29, 1.82) is 0 Å². The predicted molar refractivity (Wildman–Crippen MR) is 83.8 cm³/mol. The van der Waals surface area contributed by atoms with E-state index in [0.717, 1.165) is 5.56 Å². The quantitative estimate of drug-likeness (QED) is 0.917. The van der Waals surface area contributed by atoms with Crippen LogP contribution in [0, 0.1) is 0 Å². The van der Waals surface area contributed by atoms with Crippen LogP contribution in [0.25, 0.3) is 0 Å². The number of nitrogen functional groups attached to an aromatic ring is 1. The molecule has 0 spiro atoms. The molecule has 1 fully saturated rings. The third kappa shape index (κ3) is 3.35. The molecule has 1 aromatic carbocycles. The zero-order valence-electron chi connectivity index (χ0n) is 12.3. The number of hydrogen-bond donors (Lipinski definition) is 1. The second-order valence-corrected chi connectivity index (χ2v) is 5.19. The highest BCUT2D eigenvalue weighted by Gasteiger charge is 2.44. The monoisotopic (exact) mass is 345 g/mol. The molecule has 3 rings (SSSR count). The van der Waals surface area contributed by atoms with Crippen LogP contribution in [0.4, 0.5) is 5.82 Å². The molecule has 0 atom stereocenters. The van der Waals surface area contributed by atoms with Crippen molar-refractivity contribution in [2.45, 2.75) is 26.1 Å². The number of aromatic nitrogens is 2. The molecule has 120 valence electrons. The van der Waals surface area contributed by atoms with Gasteiger partial charge < -0.3 is 15.2 Å². The largest absolute Gasteiger partial charge is 0.379 e. The fourth-order valence-corrected chi connectivity index (χ4v) is 2.48. The van der Waals surface area contributed by atoms with Crippen LogP contribution in [0.5, 0.6) is 0 Å². The van der Waals surface area contributed by atoms with E-state index in [2.05, 4.69) is 14.9 Å². The van der Waals surface area contributed by atoms with Crippen molar-refractivity contribution in [2.24, 2.45) is 0 Å². The Labute approximate surface area is 138 Å². The average Bonchev–Trinajstić information content (AvgIpc) is 3.15. The molecule has 0 saturated carbocycles. The van der Waals surface area contributed by atoms with E-state index in [9.17, 15) is 0 Å². The summed E-state index contributed by atoms with van der Waals surface area (Å²) in [6.45, 7) is 4.88. The first kappa shape index (κ1) is 17.0. The lowest BCUT2D eigenvalue weighted by molar-refractivity contribution is -0.168. The Kier molecular flexibility index (Phi) is 5.63. The van der Waals surface area contributed by atoms with Crippen molar-refractivity contribution in [2.75, 3.05) is 18.9 Å². The van der Waals surface area contributed by atoms with Crippen molar-refractivity contribution in [3.63, 3.8) is 0 Å². The van der Waals surface area contributed by atoms with Gasteiger partial charge in [0, 0.05) is 6.42 Å². The molecule has 8 heteroatoms. The number of rotatable bonds is 3. The van der Waals surface area contributed by atoms with Crippen LogP contribution in [-0.2, 0) is 21.7 Å². The van der Waals surface area contributed by atoms with Gasteiger partial charge in [-0.2, -0.15) is 0 Å². The first-order valence-electron chi connectivity index (χ1n) is 6.91. The molecule has 1 aromatic heterocycles. The normalized spacial score (nSPS) is 16.2. The molecule has 0 aliphatic carbocycles. The van der Waals surface area contributed by atoms with Gasteiger partial charge in [-0.05, 0) is 28.0 Å². The van der Waals surface area contributed by atoms with Crippen LogP contribution >= 0.6 is 23.2 Å². The summed E-state index contributed by atoms with van der Waals surface area (Å²) < 4.78 is 16.0. The van der Waals surface area contributed by atoms with Gasteiger partial charge in [0.25, 0.3) is 0 Å². The maximum Gasteiger partial charge on any atom is 0.224 e. The van der Waals surface area contributed by atoms with Gasteiger partial charge in [0.15, 0.2) is 11.5 Å². The van der Waals surface area contributed by atoms with Gasteiger partial charge in [0.1, 0.15) is 0 Å². The molecular formula is C14H17Cl2N3O3. The third-order valence-corrected chi connectivity index (χ3v) is 3.79. The van der Waals surface area contributed by atoms with E-state index in [4.69, 9.17) is 38.4 Å². The molecule has 22 heavy (non-hydrogen) atoms. The number of nitrogens with two attached hydrogens (primary N) is 1. The summed E-state index contributed by atoms with van der Waals surface area (Å²) in [5.74, 6) is -0.951. The smallest absolute Gasteiger partial charge is 0.224 e. The van der Waals surface area contributed by atoms with Gasteiger partial charge in [-0.1, -0.05) is 43.1 Å². The van der Waals surface area contributed by atoms with Crippen molar-refractivity contribution >= 4 is 29.0 Å². The van der Waals surface area contributed by atoms with Gasteiger partial charge in [0.2, 0.25) is 5.79 Å². The van der Waals surface area contributed by atoms with Crippen molar-refractivity contribution in [3.05, 3.63) is 39.5 Å². The molecule has 2 heterocycles. The van der Waals surface area contributed by atoms with Crippen LogP contribution in [0.15, 0.2) is 22.8 Å². The van der Waals surface area contributed by atoms with Gasteiger partial charge in [-0.3, -0.25) is 0 Å². The van der Waals surface area contributed by atoms with E-state index < -0.39 is 5.79 Å². The predicted octanol–water partition coefficient (Wildman–Crippen LogP) is 3.43. The molecule has 0 bridgehead atoms. The third-order valence-electron chi connectivity index (χ3n) is 3.05. The summed E-state index contributed by atoms with van der Waals surface area (Å²) >= 11 is 11.9. The molecular weight excluding hydrogens is 329 g/mol. The fraction of sp³-hybridized carbons (Fsp3) is 0.429. The standard InChI is InChI=1S/C12H11Cl2N3O3.C2H6/c13-8-2-1-7(5-9(8)14)6-12(18-3-4-19-12)10-11(15)17-20-16-10;1-2/h1-2,5H,3-4,6H2,(H2,15,17);1-2H3. The lowest BCUT2D eigenvalue weighted by Crippen LogP contribution is -2.31. The minimum atomic E-state index is -1.10. The Morgan fingerprint density at radius 3 is 2.36 bits per heavy atom. The van der Waals surface area contributed by atoms with Crippen LogP contribution in [0.3, 0.4) is 0 Å². The molecule has 1 saturated heterocycles. The zero-order valence-corrected chi connectivity index (χ0v) is 13.8. The Balaban J connectivity index is 0.000000847. The lowest BCUT2D eigenvalue weighted by atomic mass is 10.0. The average molecular weight is 346 g/mol. The van der Waals surface area contributed by atoms with E-state index >= 15 is 0 Å². The summed E-state index contributed by atoms with van der Waals surface area (Å²) in [5.41, 5.74) is 6.95. The number of ether oxygens (including phenoxy) is 2. The van der Waals surface area contributed by atoms with E-state index in [0.29, 0.717) is 35.4 Å². The summed E-state index contributed by atoms with van der Waals surface area (Å²) in [6.07, 6.45) is 0.377. The second kappa shape index (κ2) is 7.28. The number of anilines is 1.